The first-order chi connectivity index (χ1) is 13.5. The van der Waals surface area contributed by atoms with Crippen molar-refractivity contribution in [2.75, 3.05) is 11.4 Å². The van der Waals surface area contributed by atoms with E-state index in [4.69, 9.17) is 9.68 Å². The summed E-state index contributed by atoms with van der Waals surface area (Å²) in [6, 6.07) is 13.3. The Morgan fingerprint density at radius 2 is 2.07 bits per heavy atom. The summed E-state index contributed by atoms with van der Waals surface area (Å²) in [5.41, 5.74) is 1.66. The number of anilines is 1. The Bertz CT molecular complexity index is 990. The van der Waals surface area contributed by atoms with Gasteiger partial charge in [-0.05, 0) is 32.0 Å². The molecule has 28 heavy (non-hydrogen) atoms. The molecule has 0 saturated heterocycles. The van der Waals surface area contributed by atoms with Crippen LogP contribution >= 0.6 is 11.8 Å². The van der Waals surface area contributed by atoms with E-state index in [-0.39, 0.29) is 17.6 Å². The molecule has 1 atom stereocenters. The summed E-state index contributed by atoms with van der Waals surface area (Å²) in [5, 5.41) is 17.7. The van der Waals surface area contributed by atoms with E-state index in [1.54, 1.807) is 11.2 Å². The van der Waals surface area contributed by atoms with Crippen molar-refractivity contribution in [2.45, 2.75) is 30.7 Å². The van der Waals surface area contributed by atoms with Crippen molar-refractivity contribution in [1.82, 2.24) is 14.8 Å². The summed E-state index contributed by atoms with van der Waals surface area (Å²) >= 11 is 1.34. The van der Waals surface area contributed by atoms with Gasteiger partial charge in [-0.2, -0.15) is 5.26 Å². The van der Waals surface area contributed by atoms with Crippen LogP contribution in [0.15, 0.2) is 52.2 Å². The Balaban J connectivity index is 1.79. The van der Waals surface area contributed by atoms with Crippen molar-refractivity contribution in [2.24, 2.45) is 7.05 Å². The number of amides is 1. The lowest BCUT2D eigenvalue weighted by molar-refractivity contribution is -0.117. The van der Waals surface area contributed by atoms with Gasteiger partial charge in [0.1, 0.15) is 5.76 Å². The number of para-hydroxylation sites is 1. The number of hydrogen-bond donors (Lipinski definition) is 0. The molecule has 0 fully saturated rings. The second-order valence-corrected chi connectivity index (χ2v) is 7.56. The molecule has 0 bridgehead atoms. The molecule has 2 heterocycles. The molecule has 1 aromatic carbocycles. The van der Waals surface area contributed by atoms with Crippen LogP contribution in [0.5, 0.6) is 0 Å². The third-order valence-corrected chi connectivity index (χ3v) is 5.47. The van der Waals surface area contributed by atoms with E-state index in [1.807, 2.05) is 61.9 Å². The molecule has 0 aliphatic rings. The third-order valence-electron chi connectivity index (χ3n) is 4.35. The summed E-state index contributed by atoms with van der Waals surface area (Å²) in [6.07, 6.45) is 1.89. The zero-order chi connectivity index (χ0) is 20.1. The molecule has 3 rings (SSSR count). The van der Waals surface area contributed by atoms with Gasteiger partial charge in [0.2, 0.25) is 5.91 Å². The zero-order valence-electron chi connectivity index (χ0n) is 16.0. The molecule has 2 aromatic heterocycles. The van der Waals surface area contributed by atoms with Gasteiger partial charge in [0.25, 0.3) is 0 Å². The fraction of sp³-hybridized carbons (Fsp3) is 0.300. The summed E-state index contributed by atoms with van der Waals surface area (Å²) in [7, 11) is 1.87. The highest BCUT2D eigenvalue weighted by Gasteiger charge is 2.25. The van der Waals surface area contributed by atoms with E-state index < -0.39 is 0 Å². The Morgan fingerprint density at radius 3 is 2.71 bits per heavy atom. The first-order valence-electron chi connectivity index (χ1n) is 8.86. The van der Waals surface area contributed by atoms with Crippen molar-refractivity contribution in [3.63, 3.8) is 0 Å². The van der Waals surface area contributed by atoms with Crippen LogP contribution in [-0.2, 0) is 11.8 Å². The van der Waals surface area contributed by atoms with E-state index >= 15 is 0 Å². The highest BCUT2D eigenvalue weighted by molar-refractivity contribution is 8.00. The SMILES string of the molecule is Cc1occc1-c1nnc(S[C@H](C)C(=O)N(CCC#N)c2ccccc2)n1C. The number of rotatable bonds is 7. The molecule has 0 saturated carbocycles. The summed E-state index contributed by atoms with van der Waals surface area (Å²) < 4.78 is 7.20. The normalized spacial score (nSPS) is 11.8. The Labute approximate surface area is 168 Å². The summed E-state index contributed by atoms with van der Waals surface area (Å²) in [6.45, 7) is 4.06. The van der Waals surface area contributed by atoms with Crippen LogP contribution in [0.25, 0.3) is 11.4 Å². The predicted molar refractivity (Wildman–Crippen MR) is 108 cm³/mol. The average Bonchev–Trinajstić information content (AvgIpc) is 3.28. The number of nitrogens with zero attached hydrogens (tertiary/aromatic N) is 5. The molecule has 0 unspecified atom stereocenters. The van der Waals surface area contributed by atoms with Crippen LogP contribution in [0.3, 0.4) is 0 Å². The highest BCUT2D eigenvalue weighted by atomic mass is 32.2. The standard InChI is InChI=1S/C20H21N5O2S/c1-14-17(10-13-27-14)18-22-23-20(24(18)3)28-15(2)19(26)25(12-7-11-21)16-8-5-4-6-9-16/h4-6,8-10,13,15H,7,12H2,1-3H3/t15-/m1/s1. The maximum absolute atomic E-state index is 13.1. The number of thioether (sulfide) groups is 1. The third kappa shape index (κ3) is 4.10. The van der Waals surface area contributed by atoms with Gasteiger partial charge in [-0.1, -0.05) is 30.0 Å². The molecule has 0 radical (unpaired) electrons. The minimum atomic E-state index is -0.389. The Hall–Kier alpha value is -3.05. The van der Waals surface area contributed by atoms with Crippen LogP contribution in [0, 0.1) is 18.3 Å². The lowest BCUT2D eigenvalue weighted by Crippen LogP contribution is -2.37. The number of benzene rings is 1. The van der Waals surface area contributed by atoms with Gasteiger partial charge in [-0.3, -0.25) is 4.79 Å². The molecule has 8 heteroatoms. The zero-order valence-corrected chi connectivity index (χ0v) is 16.8. The van der Waals surface area contributed by atoms with Crippen molar-refractivity contribution in [3.05, 3.63) is 48.4 Å². The number of carbonyl (C=O) groups excluding carboxylic acids is 1. The molecule has 0 aliphatic carbocycles. The molecule has 144 valence electrons. The predicted octanol–water partition coefficient (Wildman–Crippen LogP) is 3.81. The quantitative estimate of drug-likeness (QED) is 0.565. The lowest BCUT2D eigenvalue weighted by Gasteiger charge is -2.24. The van der Waals surface area contributed by atoms with Crippen LogP contribution in [-0.4, -0.2) is 32.5 Å². The van der Waals surface area contributed by atoms with Gasteiger partial charge in [0.05, 0.1) is 29.6 Å². The summed E-state index contributed by atoms with van der Waals surface area (Å²) in [4.78, 5) is 14.7. The van der Waals surface area contributed by atoms with Crippen LogP contribution in [0.4, 0.5) is 5.69 Å². The average molecular weight is 395 g/mol. The first kappa shape index (κ1) is 19.7. The van der Waals surface area contributed by atoms with Gasteiger partial charge < -0.3 is 13.9 Å². The molecular formula is C20H21N5O2S. The minimum Gasteiger partial charge on any atom is -0.469 e. The maximum atomic E-state index is 13.1. The van der Waals surface area contributed by atoms with E-state index in [9.17, 15) is 4.79 Å². The highest BCUT2D eigenvalue weighted by Crippen LogP contribution is 2.29. The van der Waals surface area contributed by atoms with Crippen molar-refractivity contribution in [3.8, 4) is 17.5 Å². The van der Waals surface area contributed by atoms with Gasteiger partial charge in [0, 0.05) is 19.3 Å². The van der Waals surface area contributed by atoms with Gasteiger partial charge in [-0.25, -0.2) is 0 Å². The fourth-order valence-corrected chi connectivity index (χ4v) is 3.71. The van der Waals surface area contributed by atoms with Gasteiger partial charge in [-0.15, -0.1) is 10.2 Å². The topological polar surface area (TPSA) is 88.0 Å². The lowest BCUT2D eigenvalue weighted by atomic mass is 10.2. The van der Waals surface area contributed by atoms with E-state index in [0.29, 0.717) is 17.5 Å². The fourth-order valence-electron chi connectivity index (χ4n) is 2.83. The molecule has 0 aliphatic heterocycles. The number of furan rings is 1. The molecule has 0 N–H and O–H groups in total. The van der Waals surface area contributed by atoms with E-state index in [1.165, 1.54) is 11.8 Å². The van der Waals surface area contributed by atoms with Gasteiger partial charge in [0.15, 0.2) is 11.0 Å². The molecule has 3 aromatic rings. The van der Waals surface area contributed by atoms with Crippen LogP contribution in [0.1, 0.15) is 19.1 Å². The number of aromatic nitrogens is 3. The molecule has 0 spiro atoms. The van der Waals surface area contributed by atoms with Crippen molar-refractivity contribution < 1.29 is 9.21 Å². The summed E-state index contributed by atoms with van der Waals surface area (Å²) in [5.74, 6) is 1.39. The van der Waals surface area contributed by atoms with Crippen LogP contribution in [0.2, 0.25) is 0 Å². The Kier molecular flexibility index (Phi) is 6.16. The number of nitriles is 1. The first-order valence-corrected chi connectivity index (χ1v) is 9.74. The second-order valence-electron chi connectivity index (χ2n) is 6.25. The monoisotopic (exact) mass is 395 g/mol. The molecule has 1 amide bonds. The van der Waals surface area contributed by atoms with Gasteiger partial charge >= 0.3 is 0 Å². The number of aryl methyl sites for hydroxylation is 1. The van der Waals surface area contributed by atoms with Crippen molar-refractivity contribution in [1.29, 1.82) is 5.26 Å². The Morgan fingerprint density at radius 1 is 1.32 bits per heavy atom. The van der Waals surface area contributed by atoms with Crippen molar-refractivity contribution >= 4 is 23.4 Å². The molecule has 7 nitrogen and oxygen atoms in total. The second kappa shape index (κ2) is 8.76. The molecular weight excluding hydrogens is 374 g/mol. The van der Waals surface area contributed by atoms with E-state index in [2.05, 4.69) is 16.3 Å². The number of hydrogen-bond acceptors (Lipinski definition) is 6. The minimum absolute atomic E-state index is 0.0736. The maximum Gasteiger partial charge on any atom is 0.240 e. The van der Waals surface area contributed by atoms with E-state index in [0.717, 1.165) is 17.0 Å². The van der Waals surface area contributed by atoms with Crippen LogP contribution < -0.4 is 4.90 Å². The smallest absolute Gasteiger partial charge is 0.240 e. The number of carbonyl (C=O) groups is 1. The largest absolute Gasteiger partial charge is 0.469 e.